The first-order valence-electron chi connectivity index (χ1n) is 8.15. The fourth-order valence-electron chi connectivity index (χ4n) is 2.80. The zero-order valence-electron chi connectivity index (χ0n) is 13.8. The van der Waals surface area contributed by atoms with Gasteiger partial charge < -0.3 is 0 Å². The minimum Gasteiger partial charge on any atom is -0.259 e. The summed E-state index contributed by atoms with van der Waals surface area (Å²) >= 11 is 0. The minimum atomic E-state index is -3.44. The molecule has 0 spiro atoms. The van der Waals surface area contributed by atoms with Gasteiger partial charge in [-0.1, -0.05) is 42.5 Å². The average Bonchev–Trinajstić information content (AvgIpc) is 3.04. The van der Waals surface area contributed by atoms with Crippen LogP contribution in [-0.4, -0.2) is 41.0 Å². The molecule has 0 aliphatic carbocycles. The van der Waals surface area contributed by atoms with Crippen molar-refractivity contribution < 1.29 is 8.42 Å². The maximum atomic E-state index is 12.7. The number of hydrogen-bond donors (Lipinski definition) is 1. The molecule has 0 amide bonds. The van der Waals surface area contributed by atoms with Gasteiger partial charge >= 0.3 is 0 Å². The lowest BCUT2D eigenvalue weighted by Gasteiger charge is -2.30. The number of hydrogen-bond acceptors (Lipinski definition) is 4. The lowest BCUT2D eigenvalue weighted by Crippen LogP contribution is -2.42. The molecular formula is C18H18N4O2S. The summed E-state index contributed by atoms with van der Waals surface area (Å²) in [5, 5.41) is 7.17. The smallest absolute Gasteiger partial charge is 0.243 e. The van der Waals surface area contributed by atoms with Gasteiger partial charge in [-0.2, -0.15) is 9.40 Å². The quantitative estimate of drug-likeness (QED) is 0.781. The van der Waals surface area contributed by atoms with Crippen molar-refractivity contribution in [1.29, 1.82) is 0 Å². The van der Waals surface area contributed by atoms with Crippen LogP contribution in [0.15, 0.2) is 53.4 Å². The van der Waals surface area contributed by atoms with E-state index >= 15 is 0 Å². The molecule has 1 N–H and O–H groups in total. The Morgan fingerprint density at radius 2 is 1.80 bits per heavy atom. The highest BCUT2D eigenvalue weighted by Crippen LogP contribution is 2.28. The van der Waals surface area contributed by atoms with Crippen molar-refractivity contribution in [2.45, 2.75) is 18.2 Å². The molecule has 2 heterocycles. The predicted molar refractivity (Wildman–Crippen MR) is 95.4 cm³/mol. The molecule has 3 aromatic rings. The fourth-order valence-corrected chi connectivity index (χ4v) is 4.57. The molecule has 6 nitrogen and oxygen atoms in total. The molecule has 25 heavy (non-hydrogen) atoms. The number of aromatic amines is 1. The molecule has 1 aliphatic heterocycles. The van der Waals surface area contributed by atoms with E-state index in [9.17, 15) is 8.42 Å². The second kappa shape index (κ2) is 6.09. The molecule has 1 aromatic heterocycles. The van der Waals surface area contributed by atoms with Gasteiger partial charge in [-0.3, -0.25) is 5.10 Å². The molecule has 128 valence electrons. The Kier molecular flexibility index (Phi) is 3.89. The van der Waals surface area contributed by atoms with Crippen molar-refractivity contribution in [3.8, 4) is 22.8 Å². The zero-order valence-corrected chi connectivity index (χ0v) is 14.6. The Labute approximate surface area is 146 Å². The van der Waals surface area contributed by atoms with E-state index in [0.29, 0.717) is 35.2 Å². The second-order valence-corrected chi connectivity index (χ2v) is 8.02. The SMILES string of the molecule is Cc1ccc(-c2n[nH]c(-c3ccccc3)n2)cc1S(=O)(=O)N1CCC1. The normalized spacial score (nSPS) is 15.1. The molecule has 0 radical (unpaired) electrons. The summed E-state index contributed by atoms with van der Waals surface area (Å²) in [5.41, 5.74) is 2.35. The van der Waals surface area contributed by atoms with Crippen LogP contribution >= 0.6 is 0 Å². The van der Waals surface area contributed by atoms with Crippen molar-refractivity contribution in [2.75, 3.05) is 13.1 Å². The fraction of sp³-hybridized carbons (Fsp3) is 0.222. The Morgan fingerprint density at radius 3 is 2.48 bits per heavy atom. The van der Waals surface area contributed by atoms with Gasteiger partial charge in [-0.05, 0) is 25.0 Å². The first kappa shape index (κ1) is 16.0. The molecule has 1 fully saturated rings. The van der Waals surface area contributed by atoms with E-state index in [1.54, 1.807) is 12.1 Å². The standard InChI is InChI=1S/C18H18N4O2S/c1-13-8-9-15(12-16(13)25(23,24)22-10-5-11-22)18-19-17(20-21-18)14-6-3-2-4-7-14/h2-4,6-9,12H,5,10-11H2,1H3,(H,19,20,21). The number of H-pyrrole nitrogens is 1. The molecule has 0 bridgehead atoms. The van der Waals surface area contributed by atoms with Crippen LogP contribution in [0.1, 0.15) is 12.0 Å². The van der Waals surface area contributed by atoms with Crippen LogP contribution in [0.2, 0.25) is 0 Å². The molecule has 1 aliphatic rings. The van der Waals surface area contributed by atoms with Crippen LogP contribution in [0.5, 0.6) is 0 Å². The van der Waals surface area contributed by atoms with Gasteiger partial charge in [0.05, 0.1) is 4.90 Å². The van der Waals surface area contributed by atoms with Crippen molar-refractivity contribution >= 4 is 10.0 Å². The third-order valence-electron chi connectivity index (χ3n) is 4.41. The largest absolute Gasteiger partial charge is 0.259 e. The summed E-state index contributed by atoms with van der Waals surface area (Å²) in [4.78, 5) is 4.84. The molecule has 7 heteroatoms. The first-order valence-corrected chi connectivity index (χ1v) is 9.59. The topological polar surface area (TPSA) is 79.0 Å². The van der Waals surface area contributed by atoms with E-state index in [1.165, 1.54) is 4.31 Å². The molecular weight excluding hydrogens is 336 g/mol. The Bertz CT molecular complexity index is 1010. The summed E-state index contributed by atoms with van der Waals surface area (Å²) < 4.78 is 27.0. The van der Waals surface area contributed by atoms with Gasteiger partial charge in [0.2, 0.25) is 10.0 Å². The van der Waals surface area contributed by atoms with Crippen LogP contribution in [0.25, 0.3) is 22.8 Å². The van der Waals surface area contributed by atoms with Gasteiger partial charge in [0.25, 0.3) is 0 Å². The summed E-state index contributed by atoms with van der Waals surface area (Å²) in [6.07, 6.45) is 0.916. The molecule has 2 aromatic carbocycles. The lowest BCUT2D eigenvalue weighted by molar-refractivity contribution is 0.309. The molecule has 0 unspecified atom stereocenters. The van der Waals surface area contributed by atoms with Gasteiger partial charge in [-0.15, -0.1) is 0 Å². The molecule has 1 saturated heterocycles. The number of sulfonamides is 1. The number of aryl methyl sites for hydroxylation is 1. The summed E-state index contributed by atoms with van der Waals surface area (Å²) in [6, 6.07) is 15.0. The number of rotatable bonds is 4. The third kappa shape index (κ3) is 2.85. The summed E-state index contributed by atoms with van der Waals surface area (Å²) in [7, 11) is -3.44. The second-order valence-electron chi connectivity index (χ2n) is 6.11. The van der Waals surface area contributed by atoms with Crippen molar-refractivity contribution in [3.63, 3.8) is 0 Å². The van der Waals surface area contributed by atoms with E-state index in [-0.39, 0.29) is 0 Å². The summed E-state index contributed by atoms with van der Waals surface area (Å²) in [5.74, 6) is 1.14. The van der Waals surface area contributed by atoms with E-state index in [0.717, 1.165) is 17.5 Å². The number of nitrogens with one attached hydrogen (secondary N) is 1. The highest BCUT2D eigenvalue weighted by atomic mass is 32.2. The van der Waals surface area contributed by atoms with E-state index in [4.69, 9.17) is 0 Å². The monoisotopic (exact) mass is 354 g/mol. The Balaban J connectivity index is 1.73. The summed E-state index contributed by atoms with van der Waals surface area (Å²) in [6.45, 7) is 2.99. The first-order chi connectivity index (χ1) is 12.1. The maximum Gasteiger partial charge on any atom is 0.243 e. The molecule has 0 atom stereocenters. The average molecular weight is 354 g/mol. The van der Waals surface area contributed by atoms with Gasteiger partial charge in [0, 0.05) is 24.2 Å². The van der Waals surface area contributed by atoms with E-state index < -0.39 is 10.0 Å². The van der Waals surface area contributed by atoms with Crippen LogP contribution in [-0.2, 0) is 10.0 Å². The van der Waals surface area contributed by atoms with Crippen molar-refractivity contribution in [2.24, 2.45) is 0 Å². The van der Waals surface area contributed by atoms with Crippen LogP contribution in [0.4, 0.5) is 0 Å². The maximum absolute atomic E-state index is 12.7. The Morgan fingerprint density at radius 1 is 1.04 bits per heavy atom. The molecule has 4 rings (SSSR count). The van der Waals surface area contributed by atoms with Crippen LogP contribution in [0.3, 0.4) is 0 Å². The van der Waals surface area contributed by atoms with Gasteiger partial charge in [-0.25, -0.2) is 13.4 Å². The lowest BCUT2D eigenvalue weighted by atomic mass is 10.1. The number of benzene rings is 2. The van der Waals surface area contributed by atoms with E-state index in [1.807, 2.05) is 43.3 Å². The van der Waals surface area contributed by atoms with Crippen LogP contribution < -0.4 is 0 Å². The van der Waals surface area contributed by atoms with Crippen LogP contribution in [0, 0.1) is 6.92 Å². The zero-order chi connectivity index (χ0) is 17.4. The predicted octanol–water partition coefficient (Wildman–Crippen LogP) is 2.84. The van der Waals surface area contributed by atoms with Gasteiger partial charge in [0.1, 0.15) is 0 Å². The van der Waals surface area contributed by atoms with Crippen molar-refractivity contribution in [3.05, 3.63) is 54.1 Å². The van der Waals surface area contributed by atoms with E-state index in [2.05, 4.69) is 15.2 Å². The third-order valence-corrected chi connectivity index (χ3v) is 6.45. The Hall–Kier alpha value is -2.51. The highest BCUT2D eigenvalue weighted by Gasteiger charge is 2.30. The number of aromatic nitrogens is 3. The van der Waals surface area contributed by atoms with Gasteiger partial charge in [0.15, 0.2) is 11.6 Å². The number of nitrogens with zero attached hydrogens (tertiary/aromatic N) is 3. The van der Waals surface area contributed by atoms with Crippen molar-refractivity contribution in [1.82, 2.24) is 19.5 Å². The highest BCUT2D eigenvalue weighted by molar-refractivity contribution is 7.89. The minimum absolute atomic E-state index is 0.329. The molecule has 0 saturated carbocycles.